The first-order valence-electron chi connectivity index (χ1n) is 5.70. The fourth-order valence-electron chi connectivity index (χ4n) is 1.82. The first-order chi connectivity index (χ1) is 7.83. The van der Waals surface area contributed by atoms with Crippen molar-refractivity contribution in [3.05, 3.63) is 29.8 Å². The molecule has 94 valence electrons. The second kappa shape index (κ2) is 5.21. The van der Waals surface area contributed by atoms with E-state index in [2.05, 4.69) is 0 Å². The average Bonchev–Trinajstić information content (AvgIpc) is 2.24. The Kier molecular flexibility index (Phi) is 4.16. The third-order valence-corrected chi connectivity index (χ3v) is 2.61. The Labute approximate surface area is 102 Å². The number of aliphatic carboxylic acids is 1. The van der Waals surface area contributed by atoms with E-state index in [1.165, 1.54) is 0 Å². The Morgan fingerprint density at radius 3 is 2.53 bits per heavy atom. The fraction of sp³-hybridized carbons (Fsp3) is 0.500. The van der Waals surface area contributed by atoms with Gasteiger partial charge in [-0.1, -0.05) is 32.9 Å². The summed E-state index contributed by atoms with van der Waals surface area (Å²) in [6.07, 6.45) is 0.607. The molecule has 0 aromatic heterocycles. The van der Waals surface area contributed by atoms with Gasteiger partial charge in [-0.15, -0.1) is 0 Å². The molecule has 17 heavy (non-hydrogen) atoms. The van der Waals surface area contributed by atoms with Crippen LogP contribution in [0.15, 0.2) is 24.3 Å². The Morgan fingerprint density at radius 2 is 2.06 bits per heavy atom. The third-order valence-electron chi connectivity index (χ3n) is 2.61. The van der Waals surface area contributed by atoms with Crippen molar-refractivity contribution in [2.45, 2.75) is 33.1 Å². The van der Waals surface area contributed by atoms with Gasteiger partial charge in [0.15, 0.2) is 0 Å². The van der Waals surface area contributed by atoms with E-state index in [1.54, 1.807) is 13.2 Å². The van der Waals surface area contributed by atoms with Crippen LogP contribution in [-0.4, -0.2) is 18.2 Å². The lowest BCUT2D eigenvalue weighted by Gasteiger charge is -2.23. The molecule has 3 nitrogen and oxygen atoms in total. The minimum atomic E-state index is -0.784. The van der Waals surface area contributed by atoms with Crippen LogP contribution in [0, 0.1) is 5.41 Å². The van der Waals surface area contributed by atoms with Crippen LogP contribution in [0.1, 0.15) is 38.7 Å². The lowest BCUT2D eigenvalue weighted by atomic mass is 9.81. The van der Waals surface area contributed by atoms with Crippen molar-refractivity contribution in [1.29, 1.82) is 0 Å². The highest BCUT2D eigenvalue weighted by atomic mass is 16.5. The lowest BCUT2D eigenvalue weighted by Crippen LogP contribution is -2.19. The molecule has 3 heteroatoms. The van der Waals surface area contributed by atoms with Crippen molar-refractivity contribution < 1.29 is 14.6 Å². The molecule has 0 aliphatic rings. The summed E-state index contributed by atoms with van der Waals surface area (Å²) in [5.41, 5.74) is 0.776. The highest BCUT2D eigenvalue weighted by Gasteiger charge is 2.26. The molecule has 0 aliphatic carbocycles. The van der Waals surface area contributed by atoms with Gasteiger partial charge in [0.2, 0.25) is 0 Å². The van der Waals surface area contributed by atoms with E-state index >= 15 is 0 Å². The van der Waals surface area contributed by atoms with E-state index in [1.807, 2.05) is 39.0 Å². The number of hydrogen-bond acceptors (Lipinski definition) is 2. The maximum absolute atomic E-state index is 11.3. The Balaban J connectivity index is 3.01. The number of hydrogen-bond donors (Lipinski definition) is 1. The molecule has 0 aliphatic heterocycles. The molecule has 0 bridgehead atoms. The fourth-order valence-corrected chi connectivity index (χ4v) is 1.82. The monoisotopic (exact) mass is 236 g/mol. The number of methoxy groups -OCH3 is 1. The summed E-state index contributed by atoms with van der Waals surface area (Å²) in [4.78, 5) is 11.3. The van der Waals surface area contributed by atoms with Crippen molar-refractivity contribution in [3.63, 3.8) is 0 Å². The summed E-state index contributed by atoms with van der Waals surface area (Å²) >= 11 is 0. The smallest absolute Gasteiger partial charge is 0.310 e. The Bertz CT molecular complexity index is 391. The van der Waals surface area contributed by atoms with E-state index in [0.29, 0.717) is 12.2 Å². The summed E-state index contributed by atoms with van der Waals surface area (Å²) in [7, 11) is 1.58. The molecule has 0 spiro atoms. The van der Waals surface area contributed by atoms with Gasteiger partial charge in [-0.05, 0) is 29.5 Å². The van der Waals surface area contributed by atoms with Crippen molar-refractivity contribution in [2.75, 3.05) is 7.11 Å². The van der Waals surface area contributed by atoms with Crippen LogP contribution in [0.3, 0.4) is 0 Å². The predicted octanol–water partition coefficient (Wildman–Crippen LogP) is 3.30. The van der Waals surface area contributed by atoms with E-state index < -0.39 is 11.9 Å². The lowest BCUT2D eigenvalue weighted by molar-refractivity contribution is -0.139. The number of ether oxygens (including phenoxy) is 1. The summed E-state index contributed by atoms with van der Waals surface area (Å²) in [5.74, 6) is -0.569. The molecule has 0 saturated heterocycles. The van der Waals surface area contributed by atoms with Crippen molar-refractivity contribution in [3.8, 4) is 5.75 Å². The molecule has 0 fully saturated rings. The zero-order chi connectivity index (χ0) is 13.1. The van der Waals surface area contributed by atoms with Crippen LogP contribution in [-0.2, 0) is 4.79 Å². The largest absolute Gasteiger partial charge is 0.497 e. The first kappa shape index (κ1) is 13.6. The van der Waals surface area contributed by atoms with Gasteiger partial charge in [0.05, 0.1) is 13.0 Å². The number of carbonyl (C=O) groups is 1. The maximum Gasteiger partial charge on any atom is 0.310 e. The number of carboxylic acids is 1. The molecule has 0 amide bonds. The van der Waals surface area contributed by atoms with Crippen LogP contribution >= 0.6 is 0 Å². The minimum Gasteiger partial charge on any atom is -0.497 e. The normalized spacial score (nSPS) is 13.2. The van der Waals surface area contributed by atoms with E-state index in [0.717, 1.165) is 5.56 Å². The molecule has 1 atom stereocenters. The van der Waals surface area contributed by atoms with Gasteiger partial charge in [0, 0.05) is 0 Å². The minimum absolute atomic E-state index is 0.0217. The van der Waals surface area contributed by atoms with Crippen LogP contribution in [0.4, 0.5) is 0 Å². The summed E-state index contributed by atoms with van der Waals surface area (Å²) in [6, 6.07) is 7.28. The molecule has 1 unspecified atom stereocenters. The first-order valence-corrected chi connectivity index (χ1v) is 5.70. The van der Waals surface area contributed by atoms with Gasteiger partial charge in [-0.25, -0.2) is 0 Å². The highest BCUT2D eigenvalue weighted by Crippen LogP contribution is 2.32. The van der Waals surface area contributed by atoms with Crippen LogP contribution in [0.2, 0.25) is 0 Å². The number of benzene rings is 1. The summed E-state index contributed by atoms with van der Waals surface area (Å²) < 4.78 is 5.12. The molecule has 1 rings (SSSR count). The van der Waals surface area contributed by atoms with Gasteiger partial charge in [-0.2, -0.15) is 0 Å². The predicted molar refractivity (Wildman–Crippen MR) is 67.4 cm³/mol. The van der Waals surface area contributed by atoms with Gasteiger partial charge in [0.25, 0.3) is 0 Å². The van der Waals surface area contributed by atoms with Gasteiger partial charge in [0.1, 0.15) is 5.75 Å². The molecule has 0 radical (unpaired) electrons. The number of carboxylic acid groups (broad SMARTS) is 1. The molecular weight excluding hydrogens is 216 g/mol. The van der Waals surface area contributed by atoms with E-state index in [4.69, 9.17) is 4.74 Å². The third kappa shape index (κ3) is 4.10. The second-order valence-electron chi connectivity index (χ2n) is 5.43. The Hall–Kier alpha value is -1.51. The Morgan fingerprint density at radius 1 is 1.41 bits per heavy atom. The van der Waals surface area contributed by atoms with Crippen molar-refractivity contribution in [2.24, 2.45) is 5.41 Å². The number of rotatable bonds is 4. The van der Waals surface area contributed by atoms with Gasteiger partial charge in [-0.3, -0.25) is 4.79 Å². The van der Waals surface area contributed by atoms with Crippen LogP contribution in [0.5, 0.6) is 5.75 Å². The second-order valence-corrected chi connectivity index (χ2v) is 5.43. The molecular formula is C14H20O3. The quantitative estimate of drug-likeness (QED) is 0.872. The molecule has 1 N–H and O–H groups in total. The van der Waals surface area contributed by atoms with Crippen molar-refractivity contribution >= 4 is 5.97 Å². The van der Waals surface area contributed by atoms with Crippen LogP contribution in [0.25, 0.3) is 0 Å². The maximum atomic E-state index is 11.3. The molecule has 1 aromatic carbocycles. The zero-order valence-corrected chi connectivity index (χ0v) is 10.9. The van der Waals surface area contributed by atoms with E-state index in [-0.39, 0.29) is 5.41 Å². The molecule has 0 heterocycles. The topological polar surface area (TPSA) is 46.5 Å². The molecule has 0 saturated carbocycles. The van der Waals surface area contributed by atoms with Gasteiger partial charge < -0.3 is 9.84 Å². The highest BCUT2D eigenvalue weighted by molar-refractivity contribution is 5.76. The zero-order valence-electron chi connectivity index (χ0n) is 10.9. The standard InChI is InChI=1S/C14H20O3/c1-14(2,3)9-12(13(15)16)10-6-5-7-11(8-10)17-4/h5-8,12H,9H2,1-4H3,(H,15,16). The van der Waals surface area contributed by atoms with Gasteiger partial charge >= 0.3 is 5.97 Å². The SMILES string of the molecule is COc1cccc(C(CC(C)(C)C)C(=O)O)c1. The van der Waals surface area contributed by atoms with Crippen molar-refractivity contribution in [1.82, 2.24) is 0 Å². The summed E-state index contributed by atoms with van der Waals surface area (Å²) in [5, 5.41) is 9.31. The average molecular weight is 236 g/mol. The molecule has 1 aromatic rings. The van der Waals surface area contributed by atoms with E-state index in [9.17, 15) is 9.90 Å². The summed E-state index contributed by atoms with van der Waals surface area (Å²) in [6.45, 7) is 6.13. The van der Waals surface area contributed by atoms with Crippen LogP contribution < -0.4 is 4.74 Å².